The van der Waals surface area contributed by atoms with Crippen LogP contribution in [-0.4, -0.2) is 11.7 Å². The van der Waals surface area contributed by atoms with E-state index in [0.29, 0.717) is 5.11 Å². The molecule has 0 spiro atoms. The van der Waals surface area contributed by atoms with Gasteiger partial charge in [-0.15, -0.1) is 0 Å². The molecule has 0 fully saturated rings. The quantitative estimate of drug-likeness (QED) is 0.807. The van der Waals surface area contributed by atoms with Crippen molar-refractivity contribution in [3.63, 3.8) is 0 Å². The molecule has 0 atom stereocenters. The Hall–Kier alpha value is -0.130. The third-order valence-corrected chi connectivity index (χ3v) is 2.95. The largest absolute Gasteiger partial charge is 0.363 e. The van der Waals surface area contributed by atoms with E-state index >= 15 is 0 Å². The summed E-state index contributed by atoms with van der Waals surface area (Å²) in [5.74, 6) is 0. The second-order valence-electron chi connectivity index (χ2n) is 2.61. The molecular formula is C9H10Br2N2S. The zero-order valence-electron chi connectivity index (χ0n) is 7.60. The molecule has 0 saturated heterocycles. The van der Waals surface area contributed by atoms with E-state index in [1.165, 1.54) is 0 Å². The number of rotatable bonds is 2. The second kappa shape index (κ2) is 5.68. The lowest BCUT2D eigenvalue weighted by Gasteiger charge is -2.10. The molecule has 76 valence electrons. The van der Waals surface area contributed by atoms with Crippen LogP contribution in [0, 0.1) is 0 Å². The third-order valence-electron chi connectivity index (χ3n) is 1.51. The van der Waals surface area contributed by atoms with E-state index < -0.39 is 0 Å². The fourth-order valence-corrected chi connectivity index (χ4v) is 1.88. The monoisotopic (exact) mass is 336 g/mol. The molecule has 0 aromatic heterocycles. The van der Waals surface area contributed by atoms with Crippen molar-refractivity contribution in [3.05, 3.63) is 27.1 Å². The molecule has 0 bridgehead atoms. The van der Waals surface area contributed by atoms with Crippen LogP contribution in [0.3, 0.4) is 0 Å². The minimum Gasteiger partial charge on any atom is -0.363 e. The van der Waals surface area contributed by atoms with Crippen molar-refractivity contribution in [1.29, 1.82) is 0 Å². The summed E-state index contributed by atoms with van der Waals surface area (Å²) in [6, 6.07) is 5.89. The lowest BCUT2D eigenvalue weighted by Crippen LogP contribution is -2.28. The van der Waals surface area contributed by atoms with Gasteiger partial charge >= 0.3 is 0 Å². The maximum atomic E-state index is 5.08. The average Bonchev–Trinajstić information content (AvgIpc) is 2.12. The number of halogens is 2. The highest BCUT2D eigenvalue weighted by Crippen LogP contribution is 2.25. The lowest BCUT2D eigenvalue weighted by molar-refractivity contribution is 0.979. The summed E-state index contributed by atoms with van der Waals surface area (Å²) in [5, 5.41) is 6.75. The minimum atomic E-state index is 0.631. The van der Waals surface area contributed by atoms with E-state index in [2.05, 4.69) is 42.5 Å². The van der Waals surface area contributed by atoms with E-state index in [0.717, 1.165) is 21.2 Å². The van der Waals surface area contributed by atoms with Gasteiger partial charge in [0.25, 0.3) is 0 Å². The van der Waals surface area contributed by atoms with Crippen LogP contribution in [0.15, 0.2) is 27.1 Å². The molecule has 0 aliphatic heterocycles. The highest BCUT2D eigenvalue weighted by atomic mass is 79.9. The molecule has 0 heterocycles. The van der Waals surface area contributed by atoms with Crippen molar-refractivity contribution in [2.24, 2.45) is 0 Å². The van der Waals surface area contributed by atoms with E-state index in [1.54, 1.807) is 0 Å². The maximum absolute atomic E-state index is 5.08. The van der Waals surface area contributed by atoms with E-state index in [4.69, 9.17) is 12.2 Å². The molecule has 5 heteroatoms. The highest BCUT2D eigenvalue weighted by molar-refractivity contribution is 9.11. The normalized spacial score (nSPS) is 9.64. The summed E-state index contributed by atoms with van der Waals surface area (Å²) < 4.78 is 2.00. The molecule has 0 radical (unpaired) electrons. The van der Waals surface area contributed by atoms with Crippen LogP contribution in [0.25, 0.3) is 0 Å². The van der Waals surface area contributed by atoms with E-state index in [-0.39, 0.29) is 0 Å². The minimum absolute atomic E-state index is 0.631. The van der Waals surface area contributed by atoms with Gasteiger partial charge in [0.15, 0.2) is 5.11 Å². The van der Waals surface area contributed by atoms with Crippen LogP contribution < -0.4 is 10.6 Å². The van der Waals surface area contributed by atoms with Gasteiger partial charge in [-0.1, -0.05) is 15.9 Å². The highest BCUT2D eigenvalue weighted by Gasteiger charge is 2.01. The Morgan fingerprint density at radius 1 is 1.43 bits per heavy atom. The summed E-state index contributed by atoms with van der Waals surface area (Å²) in [6.07, 6.45) is 0. The molecule has 1 aromatic carbocycles. The van der Waals surface area contributed by atoms with Gasteiger partial charge in [0.05, 0.1) is 5.69 Å². The molecule has 0 saturated carbocycles. The van der Waals surface area contributed by atoms with Crippen LogP contribution in [-0.2, 0) is 0 Å². The van der Waals surface area contributed by atoms with E-state index in [1.807, 2.05) is 25.1 Å². The van der Waals surface area contributed by atoms with Crippen LogP contribution >= 0.6 is 44.1 Å². The summed E-state index contributed by atoms with van der Waals surface area (Å²) in [5.41, 5.74) is 0.949. The summed E-state index contributed by atoms with van der Waals surface area (Å²) >= 11 is 11.9. The summed E-state index contributed by atoms with van der Waals surface area (Å²) in [6.45, 7) is 2.82. The standard InChI is InChI=1S/C9H10Br2N2S/c1-2-12-9(14)13-8-5-6(10)3-4-7(8)11/h3-5H,2H2,1H3,(H2,12,13,14). The van der Waals surface area contributed by atoms with Crippen molar-refractivity contribution in [3.8, 4) is 0 Å². The molecule has 0 amide bonds. The topological polar surface area (TPSA) is 24.1 Å². The number of benzene rings is 1. The smallest absolute Gasteiger partial charge is 0.170 e. The van der Waals surface area contributed by atoms with Gasteiger partial charge in [-0.2, -0.15) is 0 Å². The van der Waals surface area contributed by atoms with Gasteiger partial charge in [-0.05, 0) is 53.3 Å². The Morgan fingerprint density at radius 2 is 2.14 bits per heavy atom. The number of nitrogens with one attached hydrogen (secondary N) is 2. The van der Waals surface area contributed by atoms with Gasteiger partial charge in [0.2, 0.25) is 0 Å². The van der Waals surface area contributed by atoms with Crippen LogP contribution in [0.5, 0.6) is 0 Å². The molecule has 2 nitrogen and oxygen atoms in total. The molecule has 0 aliphatic rings. The first-order chi connectivity index (χ1) is 6.63. The Morgan fingerprint density at radius 3 is 2.79 bits per heavy atom. The Balaban J connectivity index is 2.75. The number of thiocarbonyl (C=S) groups is 1. The fourth-order valence-electron chi connectivity index (χ4n) is 0.920. The lowest BCUT2D eigenvalue weighted by atomic mass is 10.3. The third kappa shape index (κ3) is 3.55. The molecule has 1 rings (SSSR count). The summed E-state index contributed by atoms with van der Waals surface area (Å²) in [4.78, 5) is 0. The van der Waals surface area contributed by atoms with Crippen molar-refractivity contribution in [2.45, 2.75) is 6.92 Å². The number of anilines is 1. The predicted molar refractivity (Wildman–Crippen MR) is 71.7 cm³/mol. The molecule has 0 aliphatic carbocycles. The molecule has 1 aromatic rings. The van der Waals surface area contributed by atoms with Crippen LogP contribution in [0.1, 0.15) is 6.92 Å². The van der Waals surface area contributed by atoms with Crippen molar-refractivity contribution in [1.82, 2.24) is 5.32 Å². The van der Waals surface area contributed by atoms with E-state index in [9.17, 15) is 0 Å². The van der Waals surface area contributed by atoms with Gasteiger partial charge < -0.3 is 10.6 Å². The van der Waals surface area contributed by atoms with Crippen LogP contribution in [0.4, 0.5) is 5.69 Å². The van der Waals surface area contributed by atoms with Gasteiger partial charge in [0.1, 0.15) is 0 Å². The molecule has 0 unspecified atom stereocenters. The summed E-state index contributed by atoms with van der Waals surface area (Å²) in [7, 11) is 0. The first-order valence-corrected chi connectivity index (χ1v) is 6.13. The Kier molecular flexibility index (Phi) is 4.84. The first kappa shape index (κ1) is 11.9. The van der Waals surface area contributed by atoms with Gasteiger partial charge in [-0.25, -0.2) is 0 Å². The van der Waals surface area contributed by atoms with Crippen molar-refractivity contribution >= 4 is 54.9 Å². The predicted octanol–water partition coefficient (Wildman–Crippen LogP) is 3.52. The number of hydrogen-bond acceptors (Lipinski definition) is 1. The van der Waals surface area contributed by atoms with Crippen molar-refractivity contribution in [2.75, 3.05) is 11.9 Å². The first-order valence-electron chi connectivity index (χ1n) is 4.13. The van der Waals surface area contributed by atoms with Gasteiger partial charge in [0, 0.05) is 15.5 Å². The van der Waals surface area contributed by atoms with Crippen molar-refractivity contribution < 1.29 is 0 Å². The Labute approximate surface area is 106 Å². The second-order valence-corrected chi connectivity index (χ2v) is 4.79. The van der Waals surface area contributed by atoms with Gasteiger partial charge in [-0.3, -0.25) is 0 Å². The number of hydrogen-bond donors (Lipinski definition) is 2. The molecular weight excluding hydrogens is 328 g/mol. The van der Waals surface area contributed by atoms with Crippen LogP contribution in [0.2, 0.25) is 0 Å². The zero-order chi connectivity index (χ0) is 10.6. The SMILES string of the molecule is CCNC(=S)Nc1cc(Br)ccc1Br. The molecule has 14 heavy (non-hydrogen) atoms. The molecule has 2 N–H and O–H groups in total. The maximum Gasteiger partial charge on any atom is 0.170 e. The average molecular weight is 338 g/mol. The zero-order valence-corrected chi connectivity index (χ0v) is 11.6. The Bertz CT molecular complexity index is 342. The fraction of sp³-hybridized carbons (Fsp3) is 0.222.